The number of anilines is 1. The van der Waals surface area contributed by atoms with E-state index in [1.807, 2.05) is 13.0 Å². The van der Waals surface area contributed by atoms with E-state index < -0.39 is 6.04 Å². The molecule has 1 saturated heterocycles. The molecule has 0 bridgehead atoms. The molecule has 0 unspecified atom stereocenters. The van der Waals surface area contributed by atoms with E-state index in [-0.39, 0.29) is 17.4 Å². The monoisotopic (exact) mass is 357 g/mol. The first-order valence-corrected chi connectivity index (χ1v) is 9.20. The van der Waals surface area contributed by atoms with Crippen LogP contribution in [0.4, 0.5) is 5.69 Å². The number of benzene rings is 1. The van der Waals surface area contributed by atoms with Crippen molar-refractivity contribution < 1.29 is 9.59 Å². The third-order valence-electron chi connectivity index (χ3n) is 4.06. The van der Waals surface area contributed by atoms with E-state index in [0.29, 0.717) is 29.4 Å². The molecule has 6 nitrogen and oxygen atoms in total. The minimum absolute atomic E-state index is 0.113. The Morgan fingerprint density at radius 3 is 2.68 bits per heavy atom. The van der Waals surface area contributed by atoms with Gasteiger partial charge in [-0.15, -0.1) is 11.8 Å². The molecular weight excluding hydrogens is 338 g/mol. The average molecular weight is 357 g/mol. The normalized spacial score (nSPS) is 16.7. The zero-order chi connectivity index (χ0) is 17.8. The minimum Gasteiger partial charge on any atom is -0.323 e. The highest BCUT2D eigenvalue weighted by Crippen LogP contribution is 2.24. The van der Waals surface area contributed by atoms with E-state index in [9.17, 15) is 14.4 Å². The minimum atomic E-state index is -0.528. The van der Waals surface area contributed by atoms with Crippen LogP contribution in [0.5, 0.6) is 0 Å². The lowest BCUT2D eigenvalue weighted by Crippen LogP contribution is -2.44. The molecule has 2 aromatic rings. The van der Waals surface area contributed by atoms with Crippen LogP contribution in [0.3, 0.4) is 0 Å². The largest absolute Gasteiger partial charge is 0.323 e. The quantitative estimate of drug-likeness (QED) is 0.909. The zero-order valence-electron chi connectivity index (χ0n) is 13.8. The van der Waals surface area contributed by atoms with Gasteiger partial charge in [-0.25, -0.2) is 0 Å². The number of carbonyl (C=O) groups excluding carboxylic acids is 2. The topological polar surface area (TPSA) is 71.4 Å². The lowest BCUT2D eigenvalue weighted by Gasteiger charge is -2.23. The molecular formula is C18H19N3O3S. The molecule has 1 atom stereocenters. The molecule has 1 aliphatic heterocycles. The highest BCUT2D eigenvalue weighted by Gasteiger charge is 2.35. The van der Waals surface area contributed by atoms with Gasteiger partial charge in [-0.2, -0.15) is 0 Å². The van der Waals surface area contributed by atoms with Crippen LogP contribution in [0, 0.1) is 0 Å². The molecule has 2 heterocycles. The van der Waals surface area contributed by atoms with Crippen LogP contribution in [-0.4, -0.2) is 39.0 Å². The van der Waals surface area contributed by atoms with E-state index in [1.54, 1.807) is 53.2 Å². The standard InChI is InChI=1S/C18H19N3O3S/c1-2-20-10-14(8-9-16(20)22)19-17(23)15-11-25-12-21(15)18(24)13-6-4-3-5-7-13/h3-10,15H,2,11-12H2,1H3,(H,19,23)/t15-/m0/s1. The van der Waals surface area contributed by atoms with Gasteiger partial charge in [0.25, 0.3) is 11.5 Å². The summed E-state index contributed by atoms with van der Waals surface area (Å²) >= 11 is 1.55. The number of amides is 2. The van der Waals surface area contributed by atoms with E-state index in [2.05, 4.69) is 5.32 Å². The van der Waals surface area contributed by atoms with Crippen LogP contribution in [-0.2, 0) is 11.3 Å². The first kappa shape index (κ1) is 17.3. The van der Waals surface area contributed by atoms with Gasteiger partial charge in [0, 0.05) is 30.1 Å². The summed E-state index contributed by atoms with van der Waals surface area (Å²) in [7, 11) is 0. The van der Waals surface area contributed by atoms with Crippen molar-refractivity contribution in [3.63, 3.8) is 0 Å². The highest BCUT2D eigenvalue weighted by atomic mass is 32.2. The van der Waals surface area contributed by atoms with Crippen LogP contribution < -0.4 is 10.9 Å². The number of nitrogens with zero attached hydrogens (tertiary/aromatic N) is 2. The third kappa shape index (κ3) is 3.76. The van der Waals surface area contributed by atoms with Crippen molar-refractivity contribution >= 4 is 29.3 Å². The van der Waals surface area contributed by atoms with Gasteiger partial charge in [-0.1, -0.05) is 18.2 Å². The van der Waals surface area contributed by atoms with Crippen LogP contribution >= 0.6 is 11.8 Å². The molecule has 1 aliphatic rings. The van der Waals surface area contributed by atoms with Crippen LogP contribution in [0.2, 0.25) is 0 Å². The molecule has 0 aliphatic carbocycles. The number of hydrogen-bond acceptors (Lipinski definition) is 4. The number of nitrogens with one attached hydrogen (secondary N) is 1. The summed E-state index contributed by atoms with van der Waals surface area (Å²) in [4.78, 5) is 38.5. The molecule has 0 spiro atoms. The number of rotatable bonds is 4. The molecule has 0 radical (unpaired) electrons. The summed E-state index contributed by atoms with van der Waals surface area (Å²) in [5.41, 5.74) is 1.01. The number of hydrogen-bond donors (Lipinski definition) is 1. The molecule has 1 aromatic carbocycles. The second kappa shape index (κ2) is 7.57. The fraction of sp³-hybridized carbons (Fsp3) is 0.278. The van der Waals surface area contributed by atoms with Crippen molar-refractivity contribution in [2.24, 2.45) is 0 Å². The van der Waals surface area contributed by atoms with Crippen LogP contribution in [0.15, 0.2) is 53.5 Å². The fourth-order valence-corrected chi connectivity index (χ4v) is 3.84. The Bertz CT molecular complexity index is 835. The second-order valence-corrected chi connectivity index (χ2v) is 6.69. The molecule has 1 aromatic heterocycles. The molecule has 3 rings (SSSR count). The van der Waals surface area contributed by atoms with Crippen molar-refractivity contribution in [2.75, 3.05) is 16.9 Å². The Hall–Kier alpha value is -2.54. The van der Waals surface area contributed by atoms with Gasteiger partial charge in [-0.3, -0.25) is 14.4 Å². The third-order valence-corrected chi connectivity index (χ3v) is 5.07. The van der Waals surface area contributed by atoms with Crippen molar-refractivity contribution in [1.82, 2.24) is 9.47 Å². The molecule has 25 heavy (non-hydrogen) atoms. The summed E-state index contributed by atoms with van der Waals surface area (Å²) < 4.78 is 1.52. The van der Waals surface area contributed by atoms with Gasteiger partial charge < -0.3 is 14.8 Å². The number of pyridine rings is 1. The molecule has 2 amide bonds. The smallest absolute Gasteiger partial charge is 0.255 e. The Labute approximate surface area is 149 Å². The van der Waals surface area contributed by atoms with Gasteiger partial charge in [0.2, 0.25) is 5.91 Å². The van der Waals surface area contributed by atoms with Gasteiger partial charge >= 0.3 is 0 Å². The summed E-state index contributed by atoms with van der Waals surface area (Å²) in [5, 5.41) is 2.82. The number of aromatic nitrogens is 1. The number of thioether (sulfide) groups is 1. The number of aryl methyl sites for hydroxylation is 1. The molecule has 1 fully saturated rings. The predicted octanol–water partition coefficient (Wildman–Crippen LogP) is 2.02. The lowest BCUT2D eigenvalue weighted by atomic mass is 10.1. The summed E-state index contributed by atoms with van der Waals surface area (Å²) in [5.74, 6) is 0.651. The first-order valence-electron chi connectivity index (χ1n) is 8.05. The van der Waals surface area contributed by atoms with Gasteiger partial charge in [0.15, 0.2) is 0 Å². The van der Waals surface area contributed by atoms with Gasteiger partial charge in [0.1, 0.15) is 6.04 Å². The second-order valence-electron chi connectivity index (χ2n) is 5.69. The zero-order valence-corrected chi connectivity index (χ0v) is 14.7. The van der Waals surface area contributed by atoms with Gasteiger partial charge in [-0.05, 0) is 25.1 Å². The maximum absolute atomic E-state index is 12.6. The van der Waals surface area contributed by atoms with E-state index in [1.165, 1.54) is 10.6 Å². The van der Waals surface area contributed by atoms with Crippen molar-refractivity contribution in [2.45, 2.75) is 19.5 Å². The van der Waals surface area contributed by atoms with E-state index in [4.69, 9.17) is 0 Å². The van der Waals surface area contributed by atoms with Crippen LogP contribution in [0.25, 0.3) is 0 Å². The summed E-state index contributed by atoms with van der Waals surface area (Å²) in [6.07, 6.45) is 1.62. The van der Waals surface area contributed by atoms with E-state index in [0.717, 1.165) is 0 Å². The Morgan fingerprint density at radius 2 is 1.96 bits per heavy atom. The molecule has 1 N–H and O–H groups in total. The average Bonchev–Trinajstić information content (AvgIpc) is 3.13. The Balaban J connectivity index is 1.75. The molecule has 0 saturated carbocycles. The Morgan fingerprint density at radius 1 is 1.20 bits per heavy atom. The van der Waals surface area contributed by atoms with Crippen molar-refractivity contribution in [3.8, 4) is 0 Å². The maximum atomic E-state index is 12.6. The molecule has 7 heteroatoms. The van der Waals surface area contributed by atoms with Crippen LogP contribution in [0.1, 0.15) is 17.3 Å². The van der Waals surface area contributed by atoms with E-state index >= 15 is 0 Å². The molecule has 130 valence electrons. The van der Waals surface area contributed by atoms with Crippen molar-refractivity contribution in [1.29, 1.82) is 0 Å². The van der Waals surface area contributed by atoms with Crippen molar-refractivity contribution in [3.05, 3.63) is 64.6 Å². The lowest BCUT2D eigenvalue weighted by molar-refractivity contribution is -0.119. The Kier molecular flexibility index (Phi) is 5.23. The predicted molar refractivity (Wildman–Crippen MR) is 98.7 cm³/mol. The SMILES string of the molecule is CCn1cc(NC(=O)[C@@H]2CSCN2C(=O)c2ccccc2)ccc1=O. The fourth-order valence-electron chi connectivity index (χ4n) is 2.68. The highest BCUT2D eigenvalue weighted by molar-refractivity contribution is 7.99. The van der Waals surface area contributed by atoms with Gasteiger partial charge in [0.05, 0.1) is 11.6 Å². The first-order chi connectivity index (χ1) is 12.1. The summed E-state index contributed by atoms with van der Waals surface area (Å²) in [6.45, 7) is 2.39. The maximum Gasteiger partial charge on any atom is 0.255 e. The summed E-state index contributed by atoms with van der Waals surface area (Å²) in [6, 6.07) is 11.4. The number of carbonyl (C=O) groups is 2.